The first-order valence-electron chi connectivity index (χ1n) is 11.8. The summed E-state index contributed by atoms with van der Waals surface area (Å²) in [7, 11) is 0. The molecule has 0 aliphatic rings. The average Bonchev–Trinajstić information content (AvgIpc) is 2.77. The van der Waals surface area contributed by atoms with Crippen LogP contribution in [-0.4, -0.2) is 57.3 Å². The lowest BCUT2D eigenvalue weighted by atomic mass is 10.00. The Morgan fingerprint density at radius 2 is 1.68 bits per heavy atom. The van der Waals surface area contributed by atoms with Crippen molar-refractivity contribution in [2.24, 2.45) is 0 Å². The highest BCUT2D eigenvalue weighted by atomic mass is 16.6. The van der Waals surface area contributed by atoms with E-state index < -0.39 is 42.1 Å². The summed E-state index contributed by atoms with van der Waals surface area (Å²) in [4.78, 5) is 40.9. The Morgan fingerprint density at radius 3 is 2.22 bits per heavy atom. The zero-order valence-electron chi connectivity index (χ0n) is 21.7. The molecule has 0 bridgehead atoms. The molecule has 0 radical (unpaired) electrons. The number of carbonyl (C=O) groups excluding carboxylic acids is 3. The van der Waals surface area contributed by atoms with Gasteiger partial charge in [-0.1, -0.05) is 24.3 Å². The molecule has 0 aliphatic carbocycles. The van der Waals surface area contributed by atoms with E-state index in [9.17, 15) is 29.9 Å². The number of benzene rings is 2. The van der Waals surface area contributed by atoms with E-state index in [1.807, 2.05) is 6.07 Å². The Balaban J connectivity index is 2.53. The van der Waals surface area contributed by atoms with Crippen molar-refractivity contribution in [3.8, 4) is 17.6 Å². The molecule has 2 rings (SSSR count). The van der Waals surface area contributed by atoms with E-state index in [-0.39, 0.29) is 24.0 Å². The number of nitriles is 1. The molecular weight excluding hydrogens is 476 g/mol. The van der Waals surface area contributed by atoms with Crippen molar-refractivity contribution in [2.75, 3.05) is 6.54 Å². The predicted octanol–water partition coefficient (Wildman–Crippen LogP) is 3.15. The fourth-order valence-electron chi connectivity index (χ4n) is 3.62. The molecule has 0 saturated heterocycles. The molecule has 0 aromatic heterocycles. The largest absolute Gasteiger partial charge is 0.508 e. The Morgan fingerprint density at radius 1 is 1.03 bits per heavy atom. The molecular formula is C27H34N4O6. The summed E-state index contributed by atoms with van der Waals surface area (Å²) in [6.07, 6.45) is -0.846. The molecule has 0 heterocycles. The van der Waals surface area contributed by atoms with Crippen LogP contribution in [0.3, 0.4) is 0 Å². The Labute approximate surface area is 216 Å². The van der Waals surface area contributed by atoms with Crippen LogP contribution in [-0.2, 0) is 20.7 Å². The lowest BCUT2D eigenvalue weighted by Crippen LogP contribution is -2.54. The first-order valence-corrected chi connectivity index (χ1v) is 11.8. The predicted molar refractivity (Wildman–Crippen MR) is 136 cm³/mol. The van der Waals surface area contributed by atoms with Crippen LogP contribution in [0.2, 0.25) is 0 Å². The van der Waals surface area contributed by atoms with Crippen LogP contribution in [0, 0.1) is 11.3 Å². The van der Waals surface area contributed by atoms with Gasteiger partial charge in [0.15, 0.2) is 0 Å². The molecule has 4 N–H and O–H groups in total. The normalized spacial score (nSPS) is 12.7. The monoisotopic (exact) mass is 510 g/mol. The highest BCUT2D eigenvalue weighted by Crippen LogP contribution is 2.26. The Bertz CT molecular complexity index is 1130. The van der Waals surface area contributed by atoms with Gasteiger partial charge in [0, 0.05) is 12.5 Å². The molecule has 0 saturated carbocycles. The second kappa shape index (κ2) is 12.6. The van der Waals surface area contributed by atoms with Crippen molar-refractivity contribution in [3.63, 3.8) is 0 Å². The van der Waals surface area contributed by atoms with E-state index in [1.165, 1.54) is 30.3 Å². The molecule has 2 unspecified atom stereocenters. The number of phenolic OH excluding ortho intramolecular Hbond substituents is 2. The number of aromatic hydroxyl groups is 2. The maximum absolute atomic E-state index is 13.9. The third kappa shape index (κ3) is 9.04. The number of carbonyl (C=O) groups is 3. The topological polar surface area (TPSA) is 152 Å². The van der Waals surface area contributed by atoms with Crippen LogP contribution in [0.4, 0.5) is 4.79 Å². The third-order valence-electron chi connectivity index (χ3n) is 5.07. The highest BCUT2D eigenvalue weighted by Gasteiger charge is 2.36. The number of amides is 3. The molecule has 0 aliphatic heterocycles. The number of ether oxygens (including phenoxy) is 1. The fraction of sp³-hybridized carbons (Fsp3) is 0.407. The molecule has 3 amide bonds. The van der Waals surface area contributed by atoms with E-state index in [1.54, 1.807) is 52.8 Å². The van der Waals surface area contributed by atoms with E-state index >= 15 is 0 Å². The van der Waals surface area contributed by atoms with Crippen molar-refractivity contribution in [1.82, 2.24) is 15.5 Å². The first kappa shape index (κ1) is 29.0. The van der Waals surface area contributed by atoms with Gasteiger partial charge in [0.05, 0.1) is 6.07 Å². The summed E-state index contributed by atoms with van der Waals surface area (Å²) in [5.74, 6) is -1.33. The number of nitrogens with one attached hydrogen (secondary N) is 2. The van der Waals surface area contributed by atoms with Crippen molar-refractivity contribution in [2.45, 2.75) is 64.8 Å². The van der Waals surface area contributed by atoms with Crippen LogP contribution >= 0.6 is 0 Å². The quantitative estimate of drug-likeness (QED) is 0.378. The van der Waals surface area contributed by atoms with Crippen molar-refractivity contribution < 1.29 is 29.3 Å². The molecule has 2 atom stereocenters. The van der Waals surface area contributed by atoms with Crippen LogP contribution in [0.5, 0.6) is 11.5 Å². The Kier molecular flexibility index (Phi) is 9.89. The van der Waals surface area contributed by atoms with Crippen LogP contribution < -0.4 is 10.6 Å². The first-order chi connectivity index (χ1) is 17.3. The summed E-state index contributed by atoms with van der Waals surface area (Å²) < 4.78 is 5.34. The van der Waals surface area contributed by atoms with Crippen molar-refractivity contribution in [3.05, 3.63) is 59.7 Å². The van der Waals surface area contributed by atoms with E-state index in [0.29, 0.717) is 11.1 Å². The minimum atomic E-state index is -1.26. The second-order valence-corrected chi connectivity index (χ2v) is 9.85. The lowest BCUT2D eigenvalue weighted by Gasteiger charge is -2.33. The summed E-state index contributed by atoms with van der Waals surface area (Å²) in [5, 5.41) is 34.6. The third-order valence-corrected chi connectivity index (χ3v) is 5.07. The van der Waals surface area contributed by atoms with Crippen LogP contribution in [0.15, 0.2) is 48.5 Å². The maximum Gasteiger partial charge on any atom is 0.408 e. The number of hydrogen-bond donors (Lipinski definition) is 4. The zero-order chi connectivity index (χ0) is 27.8. The number of rotatable bonds is 9. The van der Waals surface area contributed by atoms with Crippen LogP contribution in [0.1, 0.15) is 51.8 Å². The van der Waals surface area contributed by atoms with Gasteiger partial charge in [0.25, 0.3) is 0 Å². The van der Waals surface area contributed by atoms with Crippen molar-refractivity contribution in [1.29, 1.82) is 5.26 Å². The van der Waals surface area contributed by atoms with Crippen LogP contribution in [0.25, 0.3) is 0 Å². The lowest BCUT2D eigenvalue weighted by molar-refractivity contribution is -0.142. The summed E-state index contributed by atoms with van der Waals surface area (Å²) in [5.41, 5.74) is 0.0798. The number of hydrogen-bond acceptors (Lipinski definition) is 7. The molecule has 37 heavy (non-hydrogen) atoms. The molecule has 198 valence electrons. The van der Waals surface area contributed by atoms with Crippen molar-refractivity contribution >= 4 is 17.9 Å². The van der Waals surface area contributed by atoms with Gasteiger partial charge in [0.2, 0.25) is 11.8 Å². The van der Waals surface area contributed by atoms with Gasteiger partial charge in [0.1, 0.15) is 35.7 Å². The minimum Gasteiger partial charge on any atom is -0.508 e. The van der Waals surface area contributed by atoms with Gasteiger partial charge in [-0.2, -0.15) is 5.26 Å². The average molecular weight is 511 g/mol. The van der Waals surface area contributed by atoms with Gasteiger partial charge in [-0.05, 0) is 70.0 Å². The minimum absolute atomic E-state index is 0.00115. The number of phenols is 2. The van der Waals surface area contributed by atoms with Gasteiger partial charge in [-0.25, -0.2) is 4.79 Å². The second-order valence-electron chi connectivity index (χ2n) is 9.85. The van der Waals surface area contributed by atoms with Gasteiger partial charge >= 0.3 is 6.09 Å². The summed E-state index contributed by atoms with van der Waals surface area (Å²) in [6.45, 7) is 8.09. The van der Waals surface area contributed by atoms with E-state index in [4.69, 9.17) is 4.74 Å². The number of alkyl carbamates (subject to hydrolysis) is 1. The Hall–Kier alpha value is -4.26. The molecule has 2 aromatic carbocycles. The standard InChI is InChI=1S/C27H34N4O6/c1-17(2)29-24(34)23(19-7-6-8-21(33)16-19)31(14-13-28)25(35)22(30-26(36)37-27(3,4)5)15-18-9-11-20(32)12-10-18/h6-12,16-17,22-23,32-33H,14-15H2,1-5H3,(H,29,34)(H,30,36). The molecule has 10 heteroatoms. The molecule has 0 spiro atoms. The van der Waals surface area contributed by atoms with E-state index in [0.717, 1.165) is 4.90 Å². The zero-order valence-corrected chi connectivity index (χ0v) is 21.7. The molecule has 10 nitrogen and oxygen atoms in total. The summed E-state index contributed by atoms with van der Waals surface area (Å²) in [6, 6.07) is 11.1. The number of nitrogens with zero attached hydrogens (tertiary/aromatic N) is 2. The van der Waals surface area contributed by atoms with Gasteiger partial charge in [-0.15, -0.1) is 0 Å². The molecule has 0 fully saturated rings. The van der Waals surface area contributed by atoms with E-state index in [2.05, 4.69) is 10.6 Å². The van der Waals surface area contributed by atoms with Gasteiger partial charge in [-0.3, -0.25) is 9.59 Å². The molecule has 2 aromatic rings. The highest BCUT2D eigenvalue weighted by molar-refractivity contribution is 5.92. The fourth-order valence-corrected chi connectivity index (χ4v) is 3.62. The smallest absolute Gasteiger partial charge is 0.408 e. The maximum atomic E-state index is 13.9. The van der Waals surface area contributed by atoms with Gasteiger partial charge < -0.3 is 30.5 Å². The SMILES string of the molecule is CC(C)NC(=O)C(c1cccc(O)c1)N(CC#N)C(=O)C(Cc1ccc(O)cc1)NC(=O)OC(C)(C)C. The summed E-state index contributed by atoms with van der Waals surface area (Å²) >= 11 is 0.